The van der Waals surface area contributed by atoms with Crippen LogP contribution in [-0.2, 0) is 30.5 Å². The standard InChI is InChI=1S/C26H31N5.C26H32N4.C25H28N4O/c1-3-25-27-19-21-18-24(31(26(21)28-25)23-7-5-4-6-8-23)17-20-9-11-22(12-10-20)30-15-13-29(2)14-16-30;1-4-25-27-18-22-17-24(30(26(22)28-25)23-10-8-7-9-11-23)16-20-12-14-21(15-13-20)19-29(5-2)6-3;1-2-24-26-18-20-17-23(29(25(20)27-24)22-6-4-3-5-7-22)16-19-8-10-21(11-9-19)28-12-14-30-15-13-28/h1,9-12,18-19,23H,4-8,13-17H2,2H3;1,12-15,17-18,23H,5-11,16,19H2,2-3H3;1,8-11,17-18,22H,3-7,12-16H2. The molecule has 14 nitrogen and oxygen atoms in total. The second kappa shape index (κ2) is 30.2. The summed E-state index contributed by atoms with van der Waals surface area (Å²) in [6.07, 6.45) is 44.1. The number of hydrogen-bond donors (Lipinski definition) is 0. The van der Waals surface area contributed by atoms with Crippen molar-refractivity contribution in [1.29, 1.82) is 0 Å². The number of benzene rings is 3. The number of aromatic nitrogens is 9. The van der Waals surface area contributed by atoms with E-state index in [-0.39, 0.29) is 0 Å². The number of terminal acetylenes is 3. The third-order valence-corrected chi connectivity index (χ3v) is 19.8. The van der Waals surface area contributed by atoms with Crippen LogP contribution < -0.4 is 9.80 Å². The molecule has 5 aliphatic rings. The number of anilines is 2. The smallest absolute Gasteiger partial charge is 0.206 e. The van der Waals surface area contributed by atoms with Crippen LogP contribution in [0.4, 0.5) is 11.4 Å². The highest BCUT2D eigenvalue weighted by Gasteiger charge is 2.26. The molecule has 8 heterocycles. The summed E-state index contributed by atoms with van der Waals surface area (Å²) in [7, 11) is 2.20. The van der Waals surface area contributed by atoms with Crippen molar-refractivity contribution in [3.05, 3.63) is 166 Å². The van der Waals surface area contributed by atoms with Crippen molar-refractivity contribution in [2.45, 2.75) is 154 Å². The predicted octanol–water partition coefficient (Wildman–Crippen LogP) is 14.0. The fourth-order valence-corrected chi connectivity index (χ4v) is 14.7. The van der Waals surface area contributed by atoms with E-state index in [1.54, 1.807) is 0 Å². The lowest BCUT2D eigenvalue weighted by atomic mass is 9.95. The first kappa shape index (κ1) is 62.9. The van der Waals surface area contributed by atoms with Gasteiger partial charge >= 0.3 is 0 Å². The Balaban J connectivity index is 0.000000132. The molecule has 0 bridgehead atoms. The van der Waals surface area contributed by atoms with Crippen molar-refractivity contribution in [2.24, 2.45) is 0 Å². The van der Waals surface area contributed by atoms with Crippen LogP contribution in [0.15, 0.2) is 110 Å². The van der Waals surface area contributed by atoms with E-state index in [0.29, 0.717) is 35.6 Å². The van der Waals surface area contributed by atoms with Crippen LogP contribution in [0.2, 0.25) is 0 Å². The van der Waals surface area contributed by atoms with Crippen molar-refractivity contribution in [3.8, 4) is 37.0 Å². The van der Waals surface area contributed by atoms with Crippen LogP contribution >= 0.6 is 0 Å². The van der Waals surface area contributed by atoms with E-state index in [1.807, 2.05) is 18.6 Å². The Bertz CT molecular complexity index is 3970. The van der Waals surface area contributed by atoms with Crippen LogP contribution in [0, 0.1) is 37.0 Å². The Morgan fingerprint density at radius 3 is 1.11 bits per heavy atom. The van der Waals surface area contributed by atoms with Crippen LogP contribution in [0.5, 0.6) is 0 Å². The molecule has 6 aromatic heterocycles. The van der Waals surface area contributed by atoms with Crippen LogP contribution in [0.3, 0.4) is 0 Å². The van der Waals surface area contributed by atoms with Gasteiger partial charge in [0.1, 0.15) is 16.9 Å². The molecule has 0 spiro atoms. The molecule has 0 radical (unpaired) electrons. The van der Waals surface area contributed by atoms with E-state index in [0.717, 1.165) is 124 Å². The third kappa shape index (κ3) is 15.2. The summed E-state index contributed by atoms with van der Waals surface area (Å²) >= 11 is 0. The maximum Gasteiger partial charge on any atom is 0.206 e. The number of ether oxygens (including phenoxy) is 1. The predicted molar refractivity (Wildman–Crippen MR) is 370 cm³/mol. The van der Waals surface area contributed by atoms with Gasteiger partial charge in [0.15, 0.2) is 0 Å². The van der Waals surface area contributed by atoms with Gasteiger partial charge in [0.25, 0.3) is 0 Å². The molecule has 5 fully saturated rings. The lowest BCUT2D eigenvalue weighted by Crippen LogP contribution is -2.44. The van der Waals surface area contributed by atoms with Gasteiger partial charge in [-0.2, -0.15) is 0 Å². The lowest BCUT2D eigenvalue weighted by molar-refractivity contribution is 0.122. The largest absolute Gasteiger partial charge is 0.378 e. The average molecular weight is 1210 g/mol. The molecular weight excluding hydrogens is 1120 g/mol. The summed E-state index contributed by atoms with van der Waals surface area (Å²) in [6.45, 7) is 15.6. The van der Waals surface area contributed by atoms with E-state index in [1.165, 1.54) is 147 Å². The van der Waals surface area contributed by atoms with Gasteiger partial charge in [-0.15, -0.1) is 19.3 Å². The normalized spacial score (nSPS) is 17.1. The minimum atomic E-state index is 0.471. The maximum atomic E-state index is 5.59. The molecule has 470 valence electrons. The zero-order chi connectivity index (χ0) is 62.5. The molecule has 0 N–H and O–H groups in total. The van der Waals surface area contributed by atoms with E-state index in [4.69, 9.17) is 39.0 Å². The monoisotopic (exact) mass is 1210 g/mol. The van der Waals surface area contributed by atoms with Gasteiger partial charge < -0.3 is 33.1 Å². The Labute approximate surface area is 539 Å². The topological polar surface area (TPSA) is 114 Å². The van der Waals surface area contributed by atoms with Gasteiger partial charge in [-0.3, -0.25) is 4.90 Å². The van der Waals surface area contributed by atoms with Crippen LogP contribution in [-0.4, -0.2) is 126 Å². The van der Waals surface area contributed by atoms with E-state index >= 15 is 0 Å². The van der Waals surface area contributed by atoms with Crippen LogP contribution in [0.1, 0.15) is 185 Å². The van der Waals surface area contributed by atoms with Crippen molar-refractivity contribution in [1.82, 2.24) is 53.4 Å². The molecule has 3 saturated carbocycles. The minimum absolute atomic E-state index is 0.471. The summed E-state index contributed by atoms with van der Waals surface area (Å²) in [5.41, 5.74) is 14.9. The molecule has 2 aliphatic heterocycles. The Morgan fingerprint density at radius 2 is 0.769 bits per heavy atom. The highest BCUT2D eigenvalue weighted by Crippen LogP contribution is 2.38. The number of fused-ring (bicyclic) bond motifs is 3. The van der Waals surface area contributed by atoms with Gasteiger partial charge in [0.2, 0.25) is 17.5 Å². The summed E-state index contributed by atoms with van der Waals surface area (Å²) in [6, 6.07) is 35.5. The molecule has 3 aliphatic carbocycles. The molecule has 0 amide bonds. The molecular formula is C77H91N13O. The van der Waals surface area contributed by atoms with Gasteiger partial charge in [-0.25, -0.2) is 29.9 Å². The van der Waals surface area contributed by atoms with Crippen molar-refractivity contribution in [3.63, 3.8) is 0 Å². The summed E-state index contributed by atoms with van der Waals surface area (Å²) in [4.78, 5) is 36.8. The molecule has 0 unspecified atom stereocenters. The van der Waals surface area contributed by atoms with Gasteiger partial charge in [-0.05, 0) is 141 Å². The van der Waals surface area contributed by atoms with Gasteiger partial charge in [0.05, 0.1) is 13.2 Å². The Kier molecular flexibility index (Phi) is 20.9. The number of likely N-dealkylation sites (N-methyl/N-ethyl adjacent to an activating group) is 1. The first-order chi connectivity index (χ1) is 44.7. The maximum absolute atomic E-state index is 5.59. The number of morpholine rings is 1. The first-order valence-electron chi connectivity index (χ1n) is 34.0. The van der Waals surface area contributed by atoms with Gasteiger partial charge in [-0.1, -0.05) is 120 Å². The fourth-order valence-electron chi connectivity index (χ4n) is 14.7. The molecule has 91 heavy (non-hydrogen) atoms. The molecule has 14 heteroatoms. The van der Waals surface area contributed by atoms with Crippen LogP contribution in [0.25, 0.3) is 33.1 Å². The lowest BCUT2D eigenvalue weighted by Gasteiger charge is -2.34. The summed E-state index contributed by atoms with van der Waals surface area (Å²) < 4.78 is 12.8. The van der Waals surface area contributed by atoms with Crippen molar-refractivity contribution >= 4 is 44.5 Å². The second-order valence-electron chi connectivity index (χ2n) is 25.8. The molecule has 3 aromatic carbocycles. The quantitative estimate of drug-likeness (QED) is 0.0914. The van der Waals surface area contributed by atoms with E-state index in [2.05, 4.69) is 178 Å². The molecule has 14 rings (SSSR count). The molecule has 9 aromatic rings. The highest BCUT2D eigenvalue weighted by atomic mass is 16.5. The molecule has 0 atom stereocenters. The van der Waals surface area contributed by atoms with Gasteiger partial charge in [0, 0.05) is 146 Å². The van der Waals surface area contributed by atoms with E-state index in [9.17, 15) is 0 Å². The average Bonchev–Trinajstić information content (AvgIpc) is 1.68. The SMILES string of the molecule is C#Cc1ncc2cc(Cc3ccc(CN(CC)CC)cc3)n(C3CCCCC3)c2n1.C#Cc1ncc2cc(Cc3ccc(N4CCN(C)CC4)cc3)n(C3CCCCC3)c2n1.C#Cc1ncc2cc(Cc3ccc(N4CCOCC4)cc3)n(C3CCCCC3)c2n1. The zero-order valence-corrected chi connectivity index (χ0v) is 54.1. The number of rotatable bonds is 15. The number of hydrogen-bond acceptors (Lipinski definition) is 11. The Hall–Kier alpha value is -8.32. The molecule has 2 saturated heterocycles. The first-order valence-corrected chi connectivity index (χ1v) is 34.0. The highest BCUT2D eigenvalue weighted by molar-refractivity contribution is 5.79. The van der Waals surface area contributed by atoms with Crippen molar-refractivity contribution in [2.75, 3.05) is 82.4 Å². The van der Waals surface area contributed by atoms with Crippen molar-refractivity contribution < 1.29 is 4.74 Å². The minimum Gasteiger partial charge on any atom is -0.378 e. The number of piperazine rings is 1. The third-order valence-electron chi connectivity index (χ3n) is 19.8. The zero-order valence-electron chi connectivity index (χ0n) is 54.1. The Morgan fingerprint density at radius 1 is 0.440 bits per heavy atom. The van der Waals surface area contributed by atoms with E-state index < -0.39 is 0 Å². The number of nitrogens with zero attached hydrogens (tertiary/aromatic N) is 13. The second-order valence-corrected chi connectivity index (χ2v) is 25.8. The fraction of sp³-hybridized carbons (Fsp3) is 0.455. The summed E-state index contributed by atoms with van der Waals surface area (Å²) in [5, 5.41) is 3.26. The summed E-state index contributed by atoms with van der Waals surface area (Å²) in [5.74, 6) is 9.23.